The summed E-state index contributed by atoms with van der Waals surface area (Å²) in [5.74, 6) is 0. The molecule has 0 radical (unpaired) electrons. The van der Waals surface area contributed by atoms with Crippen LogP contribution in [-0.4, -0.2) is 41.9 Å². The second kappa shape index (κ2) is 7.84. The largest absolute Gasteiger partial charge is 0.398 e. The Morgan fingerprint density at radius 2 is 2.00 bits per heavy atom. The zero-order valence-electron chi connectivity index (χ0n) is 8.78. The molecule has 0 aromatic rings. The summed E-state index contributed by atoms with van der Waals surface area (Å²) < 4.78 is 10.8. The van der Waals surface area contributed by atoms with Crippen molar-refractivity contribution < 1.29 is 13.6 Å². The number of nitrogens with two attached hydrogens (primary N) is 1. The molecule has 0 saturated carbocycles. The fourth-order valence-electron chi connectivity index (χ4n) is 1.26. The van der Waals surface area contributed by atoms with Gasteiger partial charge in [-0.05, 0) is 19.0 Å². The van der Waals surface area contributed by atoms with E-state index in [9.17, 15) is 4.79 Å². The molecule has 0 aliphatic rings. The van der Waals surface area contributed by atoms with Gasteiger partial charge in [0.2, 0.25) is 6.08 Å². The van der Waals surface area contributed by atoms with Crippen molar-refractivity contribution in [1.82, 2.24) is 0 Å². The van der Waals surface area contributed by atoms with Crippen molar-refractivity contribution in [3.05, 3.63) is 0 Å². The molecule has 0 aliphatic heterocycles. The molecular formula is C8H18N2O3Si. The van der Waals surface area contributed by atoms with Gasteiger partial charge in [-0.1, -0.05) is 0 Å². The van der Waals surface area contributed by atoms with Crippen LogP contribution >= 0.6 is 0 Å². The number of rotatable bonds is 8. The predicted octanol–water partition coefficient (Wildman–Crippen LogP) is 0.406. The number of hydrogen-bond donors (Lipinski definition) is 1. The van der Waals surface area contributed by atoms with Crippen LogP contribution < -0.4 is 5.73 Å². The topological polar surface area (TPSA) is 73.9 Å². The molecule has 0 rings (SSSR count). The van der Waals surface area contributed by atoms with Gasteiger partial charge < -0.3 is 14.6 Å². The standard InChI is InChI=1S/C8H18N2O3Si/c1-12-14(13-2,6-3-4-9)7-5-10-8-11/h3-7,9H2,1-2H3. The second-order valence-electron chi connectivity index (χ2n) is 2.93. The minimum Gasteiger partial charge on any atom is -0.398 e. The number of carbonyl (C=O) groups excluding carboxylic acids is 1. The first kappa shape index (κ1) is 13.5. The molecule has 0 aliphatic carbocycles. The van der Waals surface area contributed by atoms with Crippen molar-refractivity contribution in [1.29, 1.82) is 0 Å². The zero-order valence-corrected chi connectivity index (χ0v) is 9.78. The van der Waals surface area contributed by atoms with E-state index in [0.29, 0.717) is 19.1 Å². The van der Waals surface area contributed by atoms with Gasteiger partial charge in [0.25, 0.3) is 0 Å². The summed E-state index contributed by atoms with van der Waals surface area (Å²) in [7, 11) is 1.12. The first-order chi connectivity index (χ1) is 6.74. The maximum Gasteiger partial charge on any atom is 0.339 e. The van der Waals surface area contributed by atoms with Crippen molar-refractivity contribution in [2.45, 2.75) is 18.5 Å². The lowest BCUT2D eigenvalue weighted by Gasteiger charge is -2.26. The summed E-state index contributed by atoms with van der Waals surface area (Å²) in [4.78, 5) is 13.4. The molecular weight excluding hydrogens is 200 g/mol. The first-order valence-electron chi connectivity index (χ1n) is 4.58. The highest BCUT2D eigenvalue weighted by Gasteiger charge is 2.34. The van der Waals surface area contributed by atoms with Gasteiger partial charge >= 0.3 is 8.56 Å². The summed E-state index contributed by atoms with van der Waals surface area (Å²) in [5.41, 5.74) is 5.43. The van der Waals surface area contributed by atoms with Crippen LogP contribution in [0.25, 0.3) is 0 Å². The van der Waals surface area contributed by atoms with Gasteiger partial charge in [0.05, 0.1) is 6.54 Å². The van der Waals surface area contributed by atoms with Crippen molar-refractivity contribution in [2.24, 2.45) is 10.7 Å². The van der Waals surface area contributed by atoms with Gasteiger partial charge in [-0.2, -0.15) is 0 Å². The minimum absolute atomic E-state index is 0.419. The van der Waals surface area contributed by atoms with E-state index in [0.717, 1.165) is 12.5 Å². The second-order valence-corrected chi connectivity index (χ2v) is 6.57. The van der Waals surface area contributed by atoms with Gasteiger partial charge in [0, 0.05) is 20.3 Å². The Morgan fingerprint density at radius 3 is 2.43 bits per heavy atom. The molecule has 0 aromatic heterocycles. The molecule has 0 bridgehead atoms. The Morgan fingerprint density at radius 1 is 1.36 bits per heavy atom. The van der Waals surface area contributed by atoms with E-state index in [2.05, 4.69) is 4.99 Å². The van der Waals surface area contributed by atoms with Crippen LogP contribution in [0.3, 0.4) is 0 Å². The molecule has 0 spiro atoms. The summed E-state index contributed by atoms with van der Waals surface area (Å²) in [6.07, 6.45) is 2.38. The van der Waals surface area contributed by atoms with Crippen LogP contribution in [0.5, 0.6) is 0 Å². The molecule has 82 valence electrons. The Hall–Kier alpha value is -0.523. The third-order valence-corrected chi connectivity index (χ3v) is 5.76. The van der Waals surface area contributed by atoms with Gasteiger partial charge in [0.15, 0.2) is 0 Å². The van der Waals surface area contributed by atoms with Crippen LogP contribution in [0.2, 0.25) is 12.1 Å². The molecule has 0 aromatic carbocycles. The van der Waals surface area contributed by atoms with Gasteiger partial charge in [0.1, 0.15) is 0 Å². The highest BCUT2D eigenvalue weighted by Crippen LogP contribution is 2.18. The lowest BCUT2D eigenvalue weighted by molar-refractivity contribution is 0.241. The average Bonchev–Trinajstić information content (AvgIpc) is 2.24. The number of hydrogen-bond acceptors (Lipinski definition) is 5. The normalized spacial score (nSPS) is 11.1. The fraction of sp³-hybridized carbons (Fsp3) is 0.875. The van der Waals surface area contributed by atoms with Crippen molar-refractivity contribution in [3.8, 4) is 0 Å². The Balaban J connectivity index is 4.13. The van der Waals surface area contributed by atoms with Crippen LogP contribution in [0, 0.1) is 0 Å². The molecule has 2 N–H and O–H groups in total. The van der Waals surface area contributed by atoms with Gasteiger partial charge in [-0.3, -0.25) is 0 Å². The Labute approximate surface area is 85.5 Å². The molecule has 0 saturated heterocycles. The van der Waals surface area contributed by atoms with Crippen LogP contribution in [0.1, 0.15) is 6.42 Å². The molecule has 14 heavy (non-hydrogen) atoms. The fourth-order valence-corrected chi connectivity index (χ4v) is 3.69. The smallest absolute Gasteiger partial charge is 0.339 e. The highest BCUT2D eigenvalue weighted by atomic mass is 28.4. The summed E-state index contributed by atoms with van der Waals surface area (Å²) in [6, 6.07) is 1.51. The predicted molar refractivity (Wildman–Crippen MR) is 56.0 cm³/mol. The molecule has 0 atom stereocenters. The van der Waals surface area contributed by atoms with Gasteiger partial charge in [-0.25, -0.2) is 9.79 Å². The molecule has 6 heteroatoms. The zero-order chi connectivity index (χ0) is 10.9. The summed E-state index contributed by atoms with van der Waals surface area (Å²) in [5, 5.41) is 0. The van der Waals surface area contributed by atoms with E-state index < -0.39 is 8.56 Å². The third kappa shape index (κ3) is 4.64. The maximum atomic E-state index is 9.90. The lowest BCUT2D eigenvalue weighted by atomic mass is 10.5. The van der Waals surface area contributed by atoms with Crippen molar-refractivity contribution in [2.75, 3.05) is 27.3 Å². The molecule has 0 unspecified atom stereocenters. The summed E-state index contributed by atoms with van der Waals surface area (Å²) >= 11 is 0. The Kier molecular flexibility index (Phi) is 7.55. The van der Waals surface area contributed by atoms with E-state index in [-0.39, 0.29) is 0 Å². The minimum atomic E-state index is -2.15. The van der Waals surface area contributed by atoms with E-state index in [4.69, 9.17) is 14.6 Å². The quantitative estimate of drug-likeness (QED) is 0.364. The number of isocyanates is 1. The molecule has 0 amide bonds. The monoisotopic (exact) mass is 218 g/mol. The third-order valence-electron chi connectivity index (χ3n) is 2.17. The number of aliphatic imine (C=N–C) groups is 1. The molecule has 0 fully saturated rings. The summed E-state index contributed by atoms with van der Waals surface area (Å²) in [6.45, 7) is 1.04. The van der Waals surface area contributed by atoms with E-state index in [1.54, 1.807) is 14.2 Å². The molecule has 0 heterocycles. The Bertz CT molecular complexity index is 191. The van der Waals surface area contributed by atoms with E-state index >= 15 is 0 Å². The van der Waals surface area contributed by atoms with Crippen molar-refractivity contribution >= 4 is 14.6 Å². The first-order valence-corrected chi connectivity index (χ1v) is 6.81. The molecule has 5 nitrogen and oxygen atoms in total. The van der Waals surface area contributed by atoms with Crippen LogP contribution in [-0.2, 0) is 13.6 Å². The van der Waals surface area contributed by atoms with Crippen LogP contribution in [0.15, 0.2) is 4.99 Å². The number of nitrogens with zero attached hydrogens (tertiary/aromatic N) is 1. The average molecular weight is 218 g/mol. The highest BCUT2D eigenvalue weighted by molar-refractivity contribution is 6.67. The van der Waals surface area contributed by atoms with E-state index in [1.807, 2.05) is 0 Å². The van der Waals surface area contributed by atoms with Gasteiger partial charge in [-0.15, -0.1) is 0 Å². The van der Waals surface area contributed by atoms with Crippen LogP contribution in [0.4, 0.5) is 0 Å². The van der Waals surface area contributed by atoms with E-state index in [1.165, 1.54) is 6.08 Å². The lowest BCUT2D eigenvalue weighted by Crippen LogP contribution is -2.41. The van der Waals surface area contributed by atoms with Crippen molar-refractivity contribution in [3.63, 3.8) is 0 Å². The SMILES string of the molecule is CO[Si](CCCN)(CCN=C=O)OC. The maximum absolute atomic E-state index is 9.90.